The largest absolute Gasteiger partial charge is 0.506 e. The van der Waals surface area contributed by atoms with Crippen molar-refractivity contribution in [2.24, 2.45) is 11.3 Å². The van der Waals surface area contributed by atoms with Crippen molar-refractivity contribution in [1.29, 1.82) is 0 Å². The maximum absolute atomic E-state index is 13.1. The van der Waals surface area contributed by atoms with Crippen molar-refractivity contribution < 1.29 is 29.1 Å². The number of Topliss-reactive ketones (excluding diaryl/α,β-unsaturated/α-hetero) is 5. The molecule has 0 spiro atoms. The van der Waals surface area contributed by atoms with Crippen molar-refractivity contribution in [3.05, 3.63) is 39.5 Å². The van der Waals surface area contributed by atoms with Gasteiger partial charge < -0.3 is 5.11 Å². The summed E-state index contributed by atoms with van der Waals surface area (Å²) in [5.74, 6) is -4.70. The molecular weight excluding hydrogens is 336 g/mol. The molecule has 2 aliphatic rings. The first-order chi connectivity index (χ1) is 11.9. The lowest BCUT2D eigenvalue weighted by Crippen LogP contribution is -2.47. The number of carbonyl (C=O) groups excluding carboxylic acids is 5. The Bertz CT molecular complexity index is 990. The number of carbonyl (C=O) groups is 5. The minimum atomic E-state index is -1.30. The van der Waals surface area contributed by atoms with Gasteiger partial charge in [0, 0.05) is 11.1 Å². The number of phenolic OH excluding ortho intramolecular Hbond substituents is 1. The molecule has 0 fully saturated rings. The number of fused-ring (bicyclic) bond motifs is 1. The van der Waals surface area contributed by atoms with E-state index in [1.165, 1.54) is 33.8 Å². The summed E-state index contributed by atoms with van der Waals surface area (Å²) in [4.78, 5) is 63.1. The number of ketones is 5. The van der Waals surface area contributed by atoms with Gasteiger partial charge in [0.15, 0.2) is 23.1 Å². The third-order valence-electron chi connectivity index (χ3n) is 5.30. The van der Waals surface area contributed by atoms with E-state index in [0.29, 0.717) is 5.56 Å². The molecular formula is C20H18O6. The molecule has 1 aromatic carbocycles. The minimum absolute atomic E-state index is 0.0550. The van der Waals surface area contributed by atoms with Crippen LogP contribution in [0.25, 0.3) is 0 Å². The fourth-order valence-corrected chi connectivity index (χ4v) is 3.97. The van der Waals surface area contributed by atoms with Crippen LogP contribution in [0.3, 0.4) is 0 Å². The number of hydrogen-bond acceptors (Lipinski definition) is 6. The molecule has 134 valence electrons. The zero-order valence-electron chi connectivity index (χ0n) is 15.1. The number of allylic oxidation sites excluding steroid dienone is 2. The number of benzene rings is 1. The SMILES string of the molecule is CC(=O)c1c(C)cc2c(c1O)C(=O)C1=C(C2=O)C(C)(C)C(=O)C(C)C1=O. The second-order valence-corrected chi connectivity index (χ2v) is 7.38. The quantitative estimate of drug-likeness (QED) is 0.471. The molecule has 26 heavy (non-hydrogen) atoms. The first kappa shape index (κ1) is 17.9. The molecule has 1 N–H and O–H groups in total. The Morgan fingerprint density at radius 3 is 2.23 bits per heavy atom. The number of aryl methyl sites for hydroxylation is 1. The second kappa shape index (κ2) is 5.30. The van der Waals surface area contributed by atoms with Crippen LogP contribution in [-0.4, -0.2) is 34.0 Å². The van der Waals surface area contributed by atoms with Crippen LogP contribution in [0.2, 0.25) is 0 Å². The van der Waals surface area contributed by atoms with E-state index in [-0.39, 0.29) is 27.8 Å². The summed E-state index contributed by atoms with van der Waals surface area (Å²) in [6.07, 6.45) is 0. The van der Waals surface area contributed by atoms with Gasteiger partial charge in [-0.2, -0.15) is 0 Å². The number of phenols is 1. The van der Waals surface area contributed by atoms with Gasteiger partial charge in [-0.05, 0) is 46.2 Å². The zero-order valence-corrected chi connectivity index (χ0v) is 15.1. The van der Waals surface area contributed by atoms with E-state index in [1.807, 2.05) is 0 Å². The summed E-state index contributed by atoms with van der Waals surface area (Å²) in [5, 5.41) is 10.5. The molecule has 6 heteroatoms. The number of hydrogen-bond donors (Lipinski definition) is 1. The van der Waals surface area contributed by atoms with Gasteiger partial charge in [-0.3, -0.25) is 24.0 Å². The van der Waals surface area contributed by atoms with Crippen LogP contribution in [-0.2, 0) is 9.59 Å². The van der Waals surface area contributed by atoms with Crippen molar-refractivity contribution in [2.45, 2.75) is 34.6 Å². The van der Waals surface area contributed by atoms with Gasteiger partial charge >= 0.3 is 0 Å². The number of rotatable bonds is 1. The molecule has 0 aliphatic heterocycles. The maximum atomic E-state index is 13.1. The molecule has 2 aliphatic carbocycles. The topological polar surface area (TPSA) is 106 Å². The number of aromatic hydroxyl groups is 1. The molecule has 0 heterocycles. The van der Waals surface area contributed by atoms with Crippen LogP contribution in [0, 0.1) is 18.3 Å². The molecule has 0 radical (unpaired) electrons. The lowest BCUT2D eigenvalue weighted by molar-refractivity contribution is -0.136. The average molecular weight is 354 g/mol. The van der Waals surface area contributed by atoms with Crippen molar-refractivity contribution >= 4 is 28.9 Å². The predicted molar refractivity (Wildman–Crippen MR) is 91.5 cm³/mol. The van der Waals surface area contributed by atoms with Crippen molar-refractivity contribution in [3.63, 3.8) is 0 Å². The van der Waals surface area contributed by atoms with E-state index < -0.39 is 46.0 Å². The third kappa shape index (κ3) is 2.01. The molecule has 3 rings (SSSR count). The Labute approximate surface area is 149 Å². The molecule has 0 amide bonds. The molecule has 1 unspecified atom stereocenters. The summed E-state index contributed by atoms with van der Waals surface area (Å²) >= 11 is 0. The predicted octanol–water partition coefficient (Wildman–Crippen LogP) is 2.39. The van der Waals surface area contributed by atoms with E-state index in [4.69, 9.17) is 0 Å². The summed E-state index contributed by atoms with van der Waals surface area (Å²) < 4.78 is 0. The molecule has 1 atom stereocenters. The first-order valence-electron chi connectivity index (χ1n) is 8.23. The lowest BCUT2D eigenvalue weighted by atomic mass is 9.61. The summed E-state index contributed by atoms with van der Waals surface area (Å²) in [6, 6.07) is 1.36. The molecule has 6 nitrogen and oxygen atoms in total. The monoisotopic (exact) mass is 354 g/mol. The fraction of sp³-hybridized carbons (Fsp3) is 0.350. The fourth-order valence-electron chi connectivity index (χ4n) is 3.97. The highest BCUT2D eigenvalue weighted by atomic mass is 16.3. The van der Waals surface area contributed by atoms with Crippen molar-refractivity contribution in [1.82, 2.24) is 0 Å². The van der Waals surface area contributed by atoms with E-state index in [9.17, 15) is 29.1 Å². The van der Waals surface area contributed by atoms with Crippen LogP contribution in [0.4, 0.5) is 0 Å². The normalized spacial score (nSPS) is 21.7. The van der Waals surface area contributed by atoms with Crippen LogP contribution in [0.1, 0.15) is 64.3 Å². The highest BCUT2D eigenvalue weighted by Gasteiger charge is 2.53. The molecule has 0 aromatic heterocycles. The highest BCUT2D eigenvalue weighted by molar-refractivity contribution is 6.42. The molecule has 0 saturated carbocycles. The average Bonchev–Trinajstić information content (AvgIpc) is 2.53. The Morgan fingerprint density at radius 1 is 1.12 bits per heavy atom. The zero-order chi connectivity index (χ0) is 19.7. The van der Waals surface area contributed by atoms with E-state index in [2.05, 4.69) is 0 Å². The van der Waals surface area contributed by atoms with Crippen molar-refractivity contribution in [2.75, 3.05) is 0 Å². The Kier molecular flexibility index (Phi) is 3.65. The second-order valence-electron chi connectivity index (χ2n) is 7.38. The summed E-state index contributed by atoms with van der Waals surface area (Å²) in [5.41, 5.74) is -1.91. The van der Waals surface area contributed by atoms with Gasteiger partial charge in [0.25, 0.3) is 0 Å². The smallest absolute Gasteiger partial charge is 0.201 e. The van der Waals surface area contributed by atoms with Crippen molar-refractivity contribution in [3.8, 4) is 5.75 Å². The minimum Gasteiger partial charge on any atom is -0.506 e. The van der Waals surface area contributed by atoms with E-state index >= 15 is 0 Å². The van der Waals surface area contributed by atoms with E-state index in [1.54, 1.807) is 6.92 Å². The van der Waals surface area contributed by atoms with Crippen LogP contribution in [0.15, 0.2) is 17.2 Å². The molecule has 0 bridgehead atoms. The first-order valence-corrected chi connectivity index (χ1v) is 8.23. The van der Waals surface area contributed by atoms with Gasteiger partial charge in [-0.1, -0.05) is 0 Å². The van der Waals surface area contributed by atoms with E-state index in [0.717, 1.165) is 0 Å². The van der Waals surface area contributed by atoms with Gasteiger partial charge in [-0.15, -0.1) is 0 Å². The van der Waals surface area contributed by atoms with Crippen LogP contribution >= 0.6 is 0 Å². The highest BCUT2D eigenvalue weighted by Crippen LogP contribution is 2.46. The van der Waals surface area contributed by atoms with Gasteiger partial charge in [-0.25, -0.2) is 0 Å². The van der Waals surface area contributed by atoms with Gasteiger partial charge in [0.05, 0.1) is 28.0 Å². The molecule has 0 saturated heterocycles. The van der Waals surface area contributed by atoms with Crippen LogP contribution < -0.4 is 0 Å². The van der Waals surface area contributed by atoms with Gasteiger partial charge in [0.2, 0.25) is 5.78 Å². The Balaban J connectivity index is 2.42. The van der Waals surface area contributed by atoms with Crippen LogP contribution in [0.5, 0.6) is 5.75 Å². The lowest BCUT2D eigenvalue weighted by Gasteiger charge is -2.37. The molecule has 1 aromatic rings. The summed E-state index contributed by atoms with van der Waals surface area (Å²) in [6.45, 7) is 7.22. The van der Waals surface area contributed by atoms with Gasteiger partial charge in [0.1, 0.15) is 5.75 Å². The Hall–Kier alpha value is -2.89. The maximum Gasteiger partial charge on any atom is 0.201 e. The standard InChI is InChI=1S/C20H18O6/c1-7-6-10-12(17(24)11(7)9(3)21)18(25)13-14(16(10)23)20(4,5)19(26)8(2)15(13)22/h6,8,24H,1-5H3. The Morgan fingerprint density at radius 2 is 1.69 bits per heavy atom. The summed E-state index contributed by atoms with van der Waals surface area (Å²) in [7, 11) is 0. The third-order valence-corrected chi connectivity index (χ3v) is 5.30.